The van der Waals surface area contributed by atoms with Crippen LogP contribution < -0.4 is 5.73 Å². The number of hydrogen-bond donors (Lipinski definition) is 1. The number of thiazole rings is 1. The Hall–Kier alpha value is -0.410. The molecule has 1 aliphatic rings. The molecule has 0 bridgehead atoms. The lowest BCUT2D eigenvalue weighted by atomic mass is 9.90. The topological polar surface area (TPSA) is 38.9 Å². The van der Waals surface area contributed by atoms with Crippen LogP contribution in [0.15, 0.2) is 0 Å². The van der Waals surface area contributed by atoms with Gasteiger partial charge in [0.2, 0.25) is 0 Å². The Bertz CT molecular complexity index is 356. The van der Waals surface area contributed by atoms with Crippen molar-refractivity contribution in [2.45, 2.75) is 57.9 Å². The van der Waals surface area contributed by atoms with Crippen molar-refractivity contribution >= 4 is 11.3 Å². The van der Waals surface area contributed by atoms with E-state index in [1.165, 1.54) is 28.4 Å². The molecule has 0 saturated heterocycles. The van der Waals surface area contributed by atoms with E-state index < -0.39 is 0 Å². The van der Waals surface area contributed by atoms with E-state index in [4.69, 9.17) is 10.7 Å². The van der Waals surface area contributed by atoms with Gasteiger partial charge < -0.3 is 5.73 Å². The van der Waals surface area contributed by atoms with Crippen molar-refractivity contribution in [1.29, 1.82) is 0 Å². The van der Waals surface area contributed by atoms with Gasteiger partial charge in [0.1, 0.15) is 0 Å². The van der Waals surface area contributed by atoms with Crippen molar-refractivity contribution in [2.75, 3.05) is 0 Å². The molecule has 2 N–H and O–H groups in total. The van der Waals surface area contributed by atoms with Crippen LogP contribution in [0.1, 0.15) is 68.1 Å². The summed E-state index contributed by atoms with van der Waals surface area (Å²) in [5, 5.41) is 1.31. The average molecular weight is 224 g/mol. The molecule has 84 valence electrons. The van der Waals surface area contributed by atoms with Crippen molar-refractivity contribution in [3.8, 4) is 0 Å². The maximum Gasteiger partial charge on any atom is 0.0962 e. The Balaban J connectivity index is 2.41. The lowest BCUT2D eigenvalue weighted by Crippen LogP contribution is -2.17. The molecule has 1 heterocycles. The molecule has 3 heteroatoms. The van der Waals surface area contributed by atoms with Gasteiger partial charge in [0.15, 0.2) is 0 Å². The molecule has 0 aromatic carbocycles. The smallest absolute Gasteiger partial charge is 0.0962 e. The molecule has 1 fully saturated rings. The van der Waals surface area contributed by atoms with Gasteiger partial charge in [-0.2, -0.15) is 0 Å². The monoisotopic (exact) mass is 224 g/mol. The molecule has 1 aliphatic carbocycles. The number of rotatable bonds is 2. The first kappa shape index (κ1) is 11.1. The second-order valence-corrected chi connectivity index (χ2v) is 6.64. The van der Waals surface area contributed by atoms with E-state index in [1.54, 1.807) is 0 Å². The summed E-state index contributed by atoms with van der Waals surface area (Å²) in [6.07, 6.45) is 2.63. The normalized spacial score (nSPS) is 19.3. The number of hydrogen-bond acceptors (Lipinski definition) is 3. The Morgan fingerprint density at radius 3 is 2.33 bits per heavy atom. The van der Waals surface area contributed by atoms with E-state index in [-0.39, 0.29) is 11.5 Å². The van der Waals surface area contributed by atoms with Crippen LogP contribution in [0.4, 0.5) is 0 Å². The first-order valence-electron chi connectivity index (χ1n) is 5.66. The van der Waals surface area contributed by atoms with E-state index >= 15 is 0 Å². The third-order valence-corrected chi connectivity index (χ3v) is 4.14. The maximum atomic E-state index is 6.02. The number of nitrogens with zero attached hydrogens (tertiary/aromatic N) is 1. The molecule has 1 aromatic heterocycles. The molecular formula is C12H20N2S. The van der Waals surface area contributed by atoms with Gasteiger partial charge in [0, 0.05) is 22.3 Å². The fraction of sp³-hybridized carbons (Fsp3) is 0.750. The highest BCUT2D eigenvalue weighted by molar-refractivity contribution is 7.12. The zero-order valence-corrected chi connectivity index (χ0v) is 10.8. The minimum Gasteiger partial charge on any atom is -0.323 e. The third-order valence-electron chi connectivity index (χ3n) is 2.72. The van der Waals surface area contributed by atoms with E-state index in [9.17, 15) is 0 Å². The van der Waals surface area contributed by atoms with Gasteiger partial charge >= 0.3 is 0 Å². The Labute approximate surface area is 95.9 Å². The summed E-state index contributed by atoms with van der Waals surface area (Å²) in [6.45, 7) is 8.69. The average Bonchev–Trinajstić information content (AvgIpc) is 2.81. The zero-order valence-electron chi connectivity index (χ0n) is 10.0. The molecule has 2 rings (SSSR count). The van der Waals surface area contributed by atoms with Crippen LogP contribution in [-0.2, 0) is 5.41 Å². The first-order chi connectivity index (χ1) is 6.89. The van der Waals surface area contributed by atoms with Gasteiger partial charge in [-0.1, -0.05) is 20.8 Å². The second kappa shape index (κ2) is 3.56. The minimum absolute atomic E-state index is 0.115. The molecule has 1 unspecified atom stereocenters. The highest BCUT2D eigenvalue weighted by atomic mass is 32.1. The van der Waals surface area contributed by atoms with E-state index in [0.717, 1.165) is 5.92 Å². The van der Waals surface area contributed by atoms with Crippen LogP contribution in [-0.4, -0.2) is 4.98 Å². The fourth-order valence-electron chi connectivity index (χ4n) is 1.70. The summed E-state index contributed by atoms with van der Waals surface area (Å²) in [6, 6.07) is 0.115. The molecule has 0 radical (unpaired) electrons. The minimum atomic E-state index is 0.115. The van der Waals surface area contributed by atoms with Crippen LogP contribution in [0.3, 0.4) is 0 Å². The second-order valence-electron chi connectivity index (χ2n) is 5.58. The van der Waals surface area contributed by atoms with Crippen LogP contribution in [0.25, 0.3) is 0 Å². The molecule has 0 spiro atoms. The number of nitrogens with two attached hydrogens (primary N) is 1. The van der Waals surface area contributed by atoms with Crippen LogP contribution in [0, 0.1) is 0 Å². The predicted molar refractivity (Wildman–Crippen MR) is 65.4 cm³/mol. The van der Waals surface area contributed by atoms with Crippen LogP contribution >= 0.6 is 11.3 Å². The van der Waals surface area contributed by atoms with Gasteiger partial charge in [-0.3, -0.25) is 0 Å². The fourth-order valence-corrected chi connectivity index (χ4v) is 3.10. The number of aromatic nitrogens is 1. The molecule has 15 heavy (non-hydrogen) atoms. The van der Waals surface area contributed by atoms with Gasteiger partial charge in [0.25, 0.3) is 0 Å². The molecule has 1 aromatic rings. The lowest BCUT2D eigenvalue weighted by Gasteiger charge is -2.18. The Kier molecular flexibility index (Phi) is 2.63. The molecular weight excluding hydrogens is 204 g/mol. The molecule has 1 atom stereocenters. The Morgan fingerprint density at radius 2 is 2.00 bits per heavy atom. The van der Waals surface area contributed by atoms with Crippen molar-refractivity contribution in [1.82, 2.24) is 4.98 Å². The van der Waals surface area contributed by atoms with E-state index in [0.29, 0.717) is 0 Å². The lowest BCUT2D eigenvalue weighted by molar-refractivity contribution is 0.558. The summed E-state index contributed by atoms with van der Waals surface area (Å²) in [4.78, 5) is 6.09. The van der Waals surface area contributed by atoms with Crippen molar-refractivity contribution in [3.63, 3.8) is 0 Å². The van der Waals surface area contributed by atoms with Crippen LogP contribution in [0.2, 0.25) is 0 Å². The zero-order chi connectivity index (χ0) is 11.2. The van der Waals surface area contributed by atoms with Crippen molar-refractivity contribution < 1.29 is 0 Å². The summed E-state index contributed by atoms with van der Waals surface area (Å²) < 4.78 is 0. The van der Waals surface area contributed by atoms with Crippen molar-refractivity contribution in [3.05, 3.63) is 15.6 Å². The molecule has 2 nitrogen and oxygen atoms in total. The molecule has 0 aliphatic heterocycles. The van der Waals surface area contributed by atoms with Crippen molar-refractivity contribution in [2.24, 2.45) is 5.73 Å². The first-order valence-corrected chi connectivity index (χ1v) is 6.48. The largest absolute Gasteiger partial charge is 0.323 e. The standard InChI is InChI=1S/C12H20N2S/c1-7(13)9-10(12(2,3)4)14-11(15-9)8-5-6-8/h7-8H,5-6,13H2,1-4H3. The van der Waals surface area contributed by atoms with Gasteiger partial charge in [-0.05, 0) is 19.8 Å². The summed E-state index contributed by atoms with van der Waals surface area (Å²) in [7, 11) is 0. The van der Waals surface area contributed by atoms with Crippen LogP contribution in [0.5, 0.6) is 0 Å². The highest BCUT2D eigenvalue weighted by Gasteiger charge is 2.31. The summed E-state index contributed by atoms with van der Waals surface area (Å²) >= 11 is 1.83. The van der Waals surface area contributed by atoms with Gasteiger partial charge in [-0.15, -0.1) is 11.3 Å². The Morgan fingerprint density at radius 1 is 1.40 bits per heavy atom. The predicted octanol–water partition coefficient (Wildman–Crippen LogP) is 3.34. The molecule has 1 saturated carbocycles. The van der Waals surface area contributed by atoms with Gasteiger partial charge in [0.05, 0.1) is 10.7 Å². The quantitative estimate of drug-likeness (QED) is 0.836. The SMILES string of the molecule is CC(N)c1sc(C2CC2)nc1C(C)(C)C. The summed E-state index contributed by atoms with van der Waals surface area (Å²) in [5.41, 5.74) is 7.35. The molecule has 0 amide bonds. The third kappa shape index (κ3) is 2.23. The maximum absolute atomic E-state index is 6.02. The van der Waals surface area contributed by atoms with Gasteiger partial charge in [-0.25, -0.2) is 4.98 Å². The summed E-state index contributed by atoms with van der Waals surface area (Å²) in [5.74, 6) is 0.739. The highest BCUT2D eigenvalue weighted by Crippen LogP contribution is 2.45. The van der Waals surface area contributed by atoms with E-state index in [2.05, 4.69) is 27.7 Å². The van der Waals surface area contributed by atoms with E-state index in [1.807, 2.05) is 11.3 Å².